The minimum Gasteiger partial charge on any atom is -0.453 e. The van der Waals surface area contributed by atoms with Gasteiger partial charge in [0.05, 0.1) is 22.5 Å². The maximum Gasteiger partial charge on any atom is 0.166 e. The van der Waals surface area contributed by atoms with Gasteiger partial charge < -0.3 is 14.8 Å². The highest BCUT2D eigenvalue weighted by molar-refractivity contribution is 7.80. The molecule has 5 rings (SSSR count). The number of benzene rings is 2. The summed E-state index contributed by atoms with van der Waals surface area (Å²) in [6.45, 7) is 2.08. The molecule has 0 spiro atoms. The summed E-state index contributed by atoms with van der Waals surface area (Å²) >= 11 is 6.97. The molecule has 2 aromatic carbocycles. The number of thiophene rings is 1. The number of halogens is 1. The number of fused-ring (bicyclic) bond motifs is 1. The number of hydrogen-bond acceptors (Lipinski definition) is 8. The highest BCUT2D eigenvalue weighted by Crippen LogP contribution is 2.39. The highest BCUT2D eigenvalue weighted by atomic mass is 32.1. The number of thiocarbonyl (C=S) groups is 1. The van der Waals surface area contributed by atoms with Crippen LogP contribution in [0.4, 0.5) is 4.39 Å². The van der Waals surface area contributed by atoms with Crippen LogP contribution in [0.1, 0.15) is 23.2 Å². The van der Waals surface area contributed by atoms with Crippen LogP contribution in [0.3, 0.4) is 0 Å². The zero-order valence-electron chi connectivity index (χ0n) is 23.1. The molecule has 0 fully saturated rings. The summed E-state index contributed by atoms with van der Waals surface area (Å²) in [6.07, 6.45) is 4.36. The first-order chi connectivity index (χ1) is 20.5. The van der Waals surface area contributed by atoms with Crippen molar-refractivity contribution in [1.82, 2.24) is 15.3 Å². The van der Waals surface area contributed by atoms with Crippen LogP contribution in [-0.4, -0.2) is 40.9 Å². The van der Waals surface area contributed by atoms with Crippen LogP contribution in [0.15, 0.2) is 85.2 Å². The second kappa shape index (κ2) is 14.3. The molecule has 0 amide bonds. The van der Waals surface area contributed by atoms with Crippen molar-refractivity contribution in [3.8, 4) is 21.9 Å². The molecule has 3 aromatic heterocycles. The highest BCUT2D eigenvalue weighted by Gasteiger charge is 2.15. The normalized spacial score (nSPS) is 11.1. The summed E-state index contributed by atoms with van der Waals surface area (Å²) < 4.78 is 27.0. The number of methoxy groups -OCH3 is 1. The minimum atomic E-state index is -0.494. The second-order valence-corrected chi connectivity index (χ2v) is 11.4. The number of ether oxygens (including phenoxy) is 2. The molecule has 1 N–H and O–H groups in total. The quantitative estimate of drug-likeness (QED) is 0.107. The first kappa shape index (κ1) is 29.6. The van der Waals surface area contributed by atoms with E-state index >= 15 is 4.39 Å². The van der Waals surface area contributed by atoms with Crippen LogP contribution in [0.2, 0.25) is 0 Å². The lowest BCUT2D eigenvalue weighted by molar-refractivity contribution is -0.117. The van der Waals surface area contributed by atoms with Crippen molar-refractivity contribution < 1.29 is 18.7 Å². The molecule has 0 unspecified atom stereocenters. The molecule has 0 atom stereocenters. The lowest BCUT2D eigenvalue weighted by Gasteiger charge is -2.10. The number of carbonyl (C=O) groups excluding carboxylic acids is 1. The molecule has 0 aliphatic carbocycles. The van der Waals surface area contributed by atoms with E-state index in [9.17, 15) is 4.79 Å². The first-order valence-corrected chi connectivity index (χ1v) is 14.8. The summed E-state index contributed by atoms with van der Waals surface area (Å²) in [6, 6.07) is 22.1. The molecular formula is C33H30FN3O3S2. The van der Waals surface area contributed by atoms with Crippen molar-refractivity contribution in [2.24, 2.45) is 0 Å². The van der Waals surface area contributed by atoms with Crippen molar-refractivity contribution in [1.29, 1.82) is 0 Å². The Hall–Kier alpha value is -3.89. The third-order valence-corrected chi connectivity index (χ3v) is 8.01. The van der Waals surface area contributed by atoms with Crippen molar-refractivity contribution in [3.05, 3.63) is 108 Å². The summed E-state index contributed by atoms with van der Waals surface area (Å²) in [5, 5.41) is 3.28. The molecule has 0 saturated heterocycles. The topological polar surface area (TPSA) is 73.3 Å². The van der Waals surface area contributed by atoms with Crippen LogP contribution >= 0.6 is 23.6 Å². The number of pyridine rings is 2. The zero-order chi connectivity index (χ0) is 29.3. The molecular weight excluding hydrogens is 570 g/mol. The van der Waals surface area contributed by atoms with E-state index in [4.69, 9.17) is 21.7 Å². The number of carbonyl (C=O) groups is 1. The van der Waals surface area contributed by atoms with E-state index in [0.717, 1.165) is 38.5 Å². The van der Waals surface area contributed by atoms with Crippen LogP contribution < -0.4 is 10.1 Å². The molecule has 9 heteroatoms. The van der Waals surface area contributed by atoms with E-state index in [-0.39, 0.29) is 18.0 Å². The average molecular weight is 600 g/mol. The molecule has 42 heavy (non-hydrogen) atoms. The summed E-state index contributed by atoms with van der Waals surface area (Å²) in [5.41, 5.74) is 4.33. The Bertz CT molecular complexity index is 1670. The van der Waals surface area contributed by atoms with E-state index in [0.29, 0.717) is 42.2 Å². The van der Waals surface area contributed by atoms with Gasteiger partial charge in [-0.05, 0) is 35.4 Å². The van der Waals surface area contributed by atoms with E-state index < -0.39 is 5.82 Å². The number of Topliss-reactive ketones (excluding diaryl/α,β-unsaturated/α-hetero) is 1. The maximum atomic E-state index is 15.1. The Morgan fingerprint density at radius 3 is 2.60 bits per heavy atom. The van der Waals surface area contributed by atoms with E-state index in [2.05, 4.69) is 15.3 Å². The summed E-state index contributed by atoms with van der Waals surface area (Å²) in [4.78, 5) is 23.0. The Kier molecular flexibility index (Phi) is 10.1. The monoisotopic (exact) mass is 599 g/mol. The number of aromatic nitrogens is 2. The van der Waals surface area contributed by atoms with E-state index in [1.807, 2.05) is 54.7 Å². The van der Waals surface area contributed by atoms with Gasteiger partial charge >= 0.3 is 0 Å². The predicted octanol–water partition coefficient (Wildman–Crippen LogP) is 7.14. The first-order valence-electron chi connectivity index (χ1n) is 13.6. The second-order valence-electron chi connectivity index (χ2n) is 9.80. The van der Waals surface area contributed by atoms with E-state index in [1.165, 1.54) is 17.4 Å². The van der Waals surface area contributed by atoms with Gasteiger partial charge in [-0.25, -0.2) is 4.39 Å². The van der Waals surface area contributed by atoms with Crippen LogP contribution in [-0.2, 0) is 28.9 Å². The zero-order valence-corrected chi connectivity index (χ0v) is 24.8. The number of nitrogens with one attached hydrogen (secondary N) is 1. The van der Waals surface area contributed by atoms with Crippen molar-refractivity contribution in [3.63, 3.8) is 0 Å². The lowest BCUT2D eigenvalue weighted by Crippen LogP contribution is -2.19. The van der Waals surface area contributed by atoms with Gasteiger partial charge in [0, 0.05) is 73.2 Å². The third kappa shape index (κ3) is 7.89. The number of hydrogen-bond donors (Lipinski definition) is 1. The largest absolute Gasteiger partial charge is 0.453 e. The molecule has 0 aliphatic rings. The Labute approximate surface area is 253 Å². The number of rotatable bonds is 14. The van der Waals surface area contributed by atoms with Crippen molar-refractivity contribution >= 4 is 44.4 Å². The molecule has 0 radical (unpaired) electrons. The van der Waals surface area contributed by atoms with Gasteiger partial charge in [-0.15, -0.1) is 11.3 Å². The maximum absolute atomic E-state index is 15.1. The van der Waals surface area contributed by atoms with Crippen LogP contribution in [0.5, 0.6) is 11.5 Å². The third-order valence-electron chi connectivity index (χ3n) is 6.53. The van der Waals surface area contributed by atoms with Gasteiger partial charge in [-0.2, -0.15) is 0 Å². The van der Waals surface area contributed by atoms with Gasteiger partial charge in [-0.1, -0.05) is 54.7 Å². The van der Waals surface area contributed by atoms with Crippen molar-refractivity contribution in [2.75, 3.05) is 20.3 Å². The Balaban J connectivity index is 1.23. The molecule has 214 valence electrons. The lowest BCUT2D eigenvalue weighted by atomic mass is 10.0. The van der Waals surface area contributed by atoms with Gasteiger partial charge in [0.25, 0.3) is 0 Å². The average Bonchev–Trinajstić information content (AvgIpc) is 3.43. The molecule has 6 nitrogen and oxygen atoms in total. The van der Waals surface area contributed by atoms with E-state index in [1.54, 1.807) is 31.5 Å². The summed E-state index contributed by atoms with van der Waals surface area (Å²) in [5.74, 6) is 0.188. The SMILES string of the molecule is COCCNCc1ccc(-c2cc3nccc(Oc4ccc(CC(=S)CC(=O)Cc5ccccc5)cc4F)c3s2)cn1. The van der Waals surface area contributed by atoms with Crippen LogP contribution in [0.25, 0.3) is 20.7 Å². The molecule has 0 bridgehead atoms. The van der Waals surface area contributed by atoms with Gasteiger partial charge in [0.2, 0.25) is 0 Å². The number of nitrogens with zero attached hydrogens (tertiary/aromatic N) is 2. The van der Waals surface area contributed by atoms with Crippen molar-refractivity contribution in [2.45, 2.75) is 25.8 Å². The smallest absolute Gasteiger partial charge is 0.166 e. The summed E-state index contributed by atoms with van der Waals surface area (Å²) in [7, 11) is 1.68. The Morgan fingerprint density at radius 1 is 0.976 bits per heavy atom. The predicted molar refractivity (Wildman–Crippen MR) is 169 cm³/mol. The van der Waals surface area contributed by atoms with Gasteiger partial charge in [0.15, 0.2) is 11.6 Å². The number of ketones is 1. The van der Waals surface area contributed by atoms with Crippen LogP contribution in [0, 0.1) is 5.82 Å². The standard InChI is InChI=1S/C33H30FN3O3S2/c1-39-14-13-35-21-25-9-8-24(20-37-25)32-19-29-33(42-32)31(11-12-36-29)40-30-10-7-23(17-28(30)34)16-27(41)18-26(38)15-22-5-3-2-4-6-22/h2-12,17,19-20,35H,13-16,18,21H2,1H3. The Morgan fingerprint density at radius 2 is 1.83 bits per heavy atom. The molecule has 0 aliphatic heterocycles. The molecule has 0 saturated carbocycles. The van der Waals surface area contributed by atoms with Gasteiger partial charge in [-0.3, -0.25) is 14.8 Å². The van der Waals surface area contributed by atoms with Gasteiger partial charge in [0.1, 0.15) is 11.5 Å². The minimum absolute atomic E-state index is 0.0466. The fourth-order valence-electron chi connectivity index (χ4n) is 4.45. The fourth-order valence-corrected chi connectivity index (χ4v) is 5.84. The molecule has 3 heterocycles. The fraction of sp³-hybridized carbons (Fsp3) is 0.212. The molecule has 5 aromatic rings.